The highest BCUT2D eigenvalue weighted by molar-refractivity contribution is 7.78. The number of ether oxygens (including phenoxy) is 2. The number of esters is 1. The number of amides is 1. The van der Waals surface area contributed by atoms with E-state index in [1.54, 1.807) is 24.3 Å². The SMILES string of the molecule is CCCC(c1cc(F)ccc1C)C1(C(CC=S)c2cc(Cl)c(F)cc2OC(C)(C)C(=O)OC)C(=O)Nc2cc(Cl)ccc21. The first-order valence-electron chi connectivity index (χ1n) is 13.9. The van der Waals surface area contributed by atoms with E-state index in [-0.39, 0.29) is 23.1 Å². The number of fused-ring (bicyclic) bond motifs is 1. The van der Waals surface area contributed by atoms with Crippen molar-refractivity contribution < 1.29 is 27.8 Å². The number of hydrogen-bond donors (Lipinski definition) is 1. The van der Waals surface area contributed by atoms with Gasteiger partial charge in [-0.3, -0.25) is 4.79 Å². The van der Waals surface area contributed by atoms with Crippen molar-refractivity contribution in [1.82, 2.24) is 0 Å². The van der Waals surface area contributed by atoms with Crippen LogP contribution in [0.5, 0.6) is 5.75 Å². The van der Waals surface area contributed by atoms with Gasteiger partial charge in [0.1, 0.15) is 17.4 Å². The largest absolute Gasteiger partial charge is 0.476 e. The van der Waals surface area contributed by atoms with Crippen molar-refractivity contribution in [2.24, 2.45) is 0 Å². The molecule has 0 saturated heterocycles. The zero-order valence-corrected chi connectivity index (χ0v) is 26.9. The van der Waals surface area contributed by atoms with Crippen molar-refractivity contribution >= 4 is 58.4 Å². The van der Waals surface area contributed by atoms with Crippen LogP contribution >= 0.6 is 35.4 Å². The minimum atomic E-state index is -1.52. The van der Waals surface area contributed by atoms with Gasteiger partial charge in [-0.2, -0.15) is 0 Å². The number of thiocarbonyl (C=S) groups is 1. The topological polar surface area (TPSA) is 64.6 Å². The summed E-state index contributed by atoms with van der Waals surface area (Å²) >= 11 is 18.1. The summed E-state index contributed by atoms with van der Waals surface area (Å²) in [6, 6.07) is 12.2. The molecule has 1 aliphatic heterocycles. The Morgan fingerprint density at radius 3 is 2.47 bits per heavy atom. The van der Waals surface area contributed by atoms with Gasteiger partial charge in [-0.15, -0.1) is 0 Å². The zero-order chi connectivity index (χ0) is 31.7. The quantitative estimate of drug-likeness (QED) is 0.166. The van der Waals surface area contributed by atoms with Crippen molar-refractivity contribution in [3.63, 3.8) is 0 Å². The van der Waals surface area contributed by atoms with Gasteiger partial charge in [-0.1, -0.05) is 60.9 Å². The summed E-state index contributed by atoms with van der Waals surface area (Å²) in [5.41, 5.74) is 0.0218. The van der Waals surface area contributed by atoms with Crippen LogP contribution in [-0.2, 0) is 19.7 Å². The number of aryl methyl sites for hydroxylation is 1. The molecule has 43 heavy (non-hydrogen) atoms. The van der Waals surface area contributed by atoms with Crippen LogP contribution in [0.15, 0.2) is 48.5 Å². The molecule has 0 fully saturated rings. The summed E-state index contributed by atoms with van der Waals surface area (Å²) in [7, 11) is 1.22. The molecule has 10 heteroatoms. The lowest BCUT2D eigenvalue weighted by molar-refractivity contribution is -0.156. The van der Waals surface area contributed by atoms with E-state index in [1.807, 2.05) is 13.8 Å². The Morgan fingerprint density at radius 1 is 1.09 bits per heavy atom. The molecule has 3 aromatic rings. The first kappa shape index (κ1) is 32.8. The van der Waals surface area contributed by atoms with Crippen LogP contribution in [-0.4, -0.2) is 30.0 Å². The summed E-state index contributed by atoms with van der Waals surface area (Å²) in [6.07, 6.45) is 1.30. The minimum Gasteiger partial charge on any atom is -0.476 e. The summed E-state index contributed by atoms with van der Waals surface area (Å²) in [5, 5.41) is 4.73. The maximum Gasteiger partial charge on any atom is 0.349 e. The second kappa shape index (κ2) is 12.9. The van der Waals surface area contributed by atoms with Gasteiger partial charge in [0.15, 0.2) is 5.60 Å². The number of anilines is 1. The molecular weight excluding hydrogens is 615 g/mol. The summed E-state index contributed by atoms with van der Waals surface area (Å²) < 4.78 is 41.0. The van der Waals surface area contributed by atoms with E-state index in [1.165, 1.54) is 44.5 Å². The molecule has 1 N–H and O–H groups in total. The predicted molar refractivity (Wildman–Crippen MR) is 170 cm³/mol. The van der Waals surface area contributed by atoms with Gasteiger partial charge in [0.05, 0.1) is 17.5 Å². The monoisotopic (exact) mass is 647 g/mol. The number of rotatable bonds is 11. The number of halogens is 4. The summed E-state index contributed by atoms with van der Waals surface area (Å²) in [6.45, 7) is 6.85. The van der Waals surface area contributed by atoms with Crippen molar-refractivity contribution in [2.75, 3.05) is 12.4 Å². The predicted octanol–water partition coefficient (Wildman–Crippen LogP) is 8.86. The fraction of sp³-hybridized carbons (Fsp3) is 0.364. The Morgan fingerprint density at radius 2 is 1.81 bits per heavy atom. The summed E-state index contributed by atoms with van der Waals surface area (Å²) in [5.74, 6) is -3.62. The molecule has 3 aromatic carbocycles. The average Bonchev–Trinajstić information content (AvgIpc) is 3.24. The highest BCUT2D eigenvalue weighted by Crippen LogP contribution is 2.59. The van der Waals surface area contributed by atoms with Crippen LogP contribution in [0.2, 0.25) is 10.0 Å². The third-order valence-electron chi connectivity index (χ3n) is 8.15. The van der Waals surface area contributed by atoms with Crippen LogP contribution in [0.4, 0.5) is 14.5 Å². The molecule has 0 aromatic heterocycles. The standard InChI is InChI=1S/C33H33Cl2F2NO4S/c1-6-7-23(21-15-20(36)10-8-18(21)2)33(25-11-9-19(34)14-28(25)38-30(33)39)24(12-13-43)22-16-26(35)27(37)17-29(22)42-32(3,4)31(40)41-5/h8-11,13-17,23-24H,6-7,12H2,1-5H3,(H,38,39). The number of hydrogen-bond acceptors (Lipinski definition) is 5. The second-order valence-electron chi connectivity index (χ2n) is 11.2. The molecule has 1 aliphatic rings. The molecule has 3 atom stereocenters. The lowest BCUT2D eigenvalue weighted by atomic mass is 9.57. The van der Waals surface area contributed by atoms with Crippen LogP contribution in [0.1, 0.15) is 74.1 Å². The van der Waals surface area contributed by atoms with E-state index in [9.17, 15) is 14.0 Å². The number of carbonyl (C=O) groups is 2. The molecule has 0 aliphatic carbocycles. The van der Waals surface area contributed by atoms with E-state index >= 15 is 4.39 Å². The number of benzene rings is 3. The van der Waals surface area contributed by atoms with Crippen LogP contribution in [0.3, 0.4) is 0 Å². The van der Waals surface area contributed by atoms with E-state index in [0.29, 0.717) is 40.2 Å². The van der Waals surface area contributed by atoms with Crippen molar-refractivity contribution in [3.05, 3.63) is 92.5 Å². The molecule has 0 bridgehead atoms. The maximum absolute atomic E-state index is 15.0. The third-order valence-corrected chi connectivity index (χ3v) is 8.86. The highest BCUT2D eigenvalue weighted by Gasteiger charge is 2.58. The zero-order valence-electron chi connectivity index (χ0n) is 24.5. The van der Waals surface area contributed by atoms with Gasteiger partial charge in [-0.25, -0.2) is 13.6 Å². The van der Waals surface area contributed by atoms with Gasteiger partial charge >= 0.3 is 5.97 Å². The first-order chi connectivity index (χ1) is 20.3. The number of methoxy groups -OCH3 is 1. The maximum atomic E-state index is 15.0. The van der Waals surface area contributed by atoms with Gasteiger partial charge in [0.25, 0.3) is 0 Å². The number of carbonyl (C=O) groups excluding carboxylic acids is 2. The Hall–Kier alpha value is -3.07. The number of nitrogens with one attached hydrogen (secondary N) is 1. The Bertz CT molecular complexity index is 1580. The average molecular weight is 649 g/mol. The van der Waals surface area contributed by atoms with E-state index in [4.69, 9.17) is 44.9 Å². The lowest BCUT2D eigenvalue weighted by Crippen LogP contribution is -2.47. The van der Waals surface area contributed by atoms with Gasteiger partial charge in [-0.05, 0) is 86.0 Å². The van der Waals surface area contributed by atoms with Gasteiger partial charge in [0, 0.05) is 34.2 Å². The highest BCUT2D eigenvalue weighted by atomic mass is 35.5. The molecular formula is C33H33Cl2F2NO4S. The molecule has 0 saturated carbocycles. The van der Waals surface area contributed by atoms with Crippen molar-refractivity contribution in [2.45, 2.75) is 69.8 Å². The van der Waals surface area contributed by atoms with Gasteiger partial charge < -0.3 is 14.8 Å². The summed E-state index contributed by atoms with van der Waals surface area (Å²) in [4.78, 5) is 27.2. The van der Waals surface area contributed by atoms with Crippen LogP contribution in [0.25, 0.3) is 0 Å². The Balaban J connectivity index is 2.13. The normalized spacial score (nSPS) is 17.6. The molecule has 1 heterocycles. The lowest BCUT2D eigenvalue weighted by Gasteiger charge is -2.44. The molecule has 1 amide bonds. The molecule has 5 nitrogen and oxygen atoms in total. The van der Waals surface area contributed by atoms with Crippen LogP contribution in [0, 0.1) is 18.6 Å². The van der Waals surface area contributed by atoms with Crippen LogP contribution < -0.4 is 10.1 Å². The molecule has 4 rings (SSSR count). The molecule has 228 valence electrons. The van der Waals surface area contributed by atoms with E-state index < -0.39 is 40.5 Å². The Labute approximate surface area is 265 Å². The molecule has 0 spiro atoms. The fourth-order valence-corrected chi connectivity index (χ4v) is 6.83. The smallest absolute Gasteiger partial charge is 0.349 e. The van der Waals surface area contributed by atoms with E-state index in [0.717, 1.165) is 11.6 Å². The molecule has 3 unspecified atom stereocenters. The second-order valence-corrected chi connectivity index (χ2v) is 12.4. The Kier molecular flexibility index (Phi) is 9.84. The van der Waals surface area contributed by atoms with Crippen molar-refractivity contribution in [3.8, 4) is 5.75 Å². The van der Waals surface area contributed by atoms with Gasteiger partial charge in [0.2, 0.25) is 5.91 Å². The van der Waals surface area contributed by atoms with Crippen molar-refractivity contribution in [1.29, 1.82) is 0 Å². The van der Waals surface area contributed by atoms with E-state index in [2.05, 4.69) is 5.32 Å². The minimum absolute atomic E-state index is 0.0000452. The fourth-order valence-electron chi connectivity index (χ4n) is 6.29. The third kappa shape index (κ3) is 6.02. The molecule has 0 radical (unpaired) electrons. The first-order valence-corrected chi connectivity index (χ1v) is 15.1.